The first kappa shape index (κ1) is 35.3. The second-order valence-corrected chi connectivity index (χ2v) is 13.1. The van der Waals surface area contributed by atoms with Gasteiger partial charge >= 0.3 is 0 Å². The predicted octanol–water partition coefficient (Wildman–Crippen LogP) is 6.40. The summed E-state index contributed by atoms with van der Waals surface area (Å²) in [6, 6.07) is 11.5. The molecule has 0 saturated heterocycles. The standard InChI is InChI=1S/C38H47N5O6/c1-9-21(4)35(38(46)40-24-11-14-28-30(18-24)42-33(41-28)16-20(2)3)43-29-15-12-25-26(19-31(29)45)27(39-22(5)44)13-10-23-17-32(47-6)36(48-7)37(49-8)34(23)25/h11-12,14-15,17-21,27,35H,9-10,13,16H2,1-8H3,(H,39,44)(H,40,46)(H,41,42)(H,43,45). The van der Waals surface area contributed by atoms with Crippen LogP contribution in [-0.2, 0) is 22.4 Å². The Morgan fingerprint density at radius 1 is 1.00 bits per heavy atom. The SMILES string of the molecule is CCC(C)C(Nc1ccc2c(cc1=O)C(NC(C)=O)CCc1cc(OC)c(OC)c(OC)c1-2)C(=O)Nc1ccc2nc(CC(C)C)[nH]c2c1. The number of imidazole rings is 1. The summed E-state index contributed by atoms with van der Waals surface area (Å²) in [7, 11) is 4.68. The van der Waals surface area contributed by atoms with Crippen molar-refractivity contribution in [2.45, 2.75) is 72.4 Å². The van der Waals surface area contributed by atoms with Crippen LogP contribution in [0.1, 0.15) is 70.5 Å². The van der Waals surface area contributed by atoms with Crippen molar-refractivity contribution in [2.75, 3.05) is 32.0 Å². The molecule has 0 aliphatic heterocycles. The van der Waals surface area contributed by atoms with Crippen LogP contribution in [0.3, 0.4) is 0 Å². The van der Waals surface area contributed by atoms with E-state index in [-0.39, 0.29) is 28.8 Å². The van der Waals surface area contributed by atoms with Crippen LogP contribution in [0.5, 0.6) is 17.2 Å². The van der Waals surface area contributed by atoms with Crippen molar-refractivity contribution in [1.29, 1.82) is 0 Å². The van der Waals surface area contributed by atoms with E-state index in [1.807, 2.05) is 44.2 Å². The number of methoxy groups -OCH3 is 3. The highest BCUT2D eigenvalue weighted by Gasteiger charge is 2.30. The average Bonchev–Trinajstić information content (AvgIpc) is 3.31. The molecular formula is C38H47N5O6. The molecule has 1 heterocycles. The third kappa shape index (κ3) is 7.50. The molecule has 49 heavy (non-hydrogen) atoms. The highest BCUT2D eigenvalue weighted by Crippen LogP contribution is 2.50. The molecule has 11 heteroatoms. The van der Waals surface area contributed by atoms with Gasteiger partial charge in [0.25, 0.3) is 0 Å². The van der Waals surface area contributed by atoms with E-state index < -0.39 is 12.1 Å². The molecule has 0 saturated carbocycles. The molecule has 5 rings (SSSR count). The van der Waals surface area contributed by atoms with Crippen LogP contribution in [0.4, 0.5) is 11.4 Å². The number of nitrogens with one attached hydrogen (secondary N) is 4. The number of carbonyl (C=O) groups excluding carboxylic acids is 2. The molecule has 0 radical (unpaired) electrons. The largest absolute Gasteiger partial charge is 0.493 e. The number of aryl methyl sites for hydroxylation is 1. The highest BCUT2D eigenvalue weighted by atomic mass is 16.5. The molecule has 260 valence electrons. The van der Waals surface area contributed by atoms with Gasteiger partial charge in [-0.25, -0.2) is 4.98 Å². The van der Waals surface area contributed by atoms with Gasteiger partial charge in [-0.3, -0.25) is 14.4 Å². The topological polar surface area (TPSA) is 144 Å². The number of fused-ring (bicyclic) bond motifs is 4. The lowest BCUT2D eigenvalue weighted by atomic mass is 9.95. The number of rotatable bonds is 12. The molecule has 3 aromatic carbocycles. The maximum atomic E-state index is 14.0. The van der Waals surface area contributed by atoms with Crippen LogP contribution in [0.2, 0.25) is 0 Å². The maximum absolute atomic E-state index is 14.0. The molecule has 1 aliphatic rings. The predicted molar refractivity (Wildman–Crippen MR) is 193 cm³/mol. The zero-order valence-corrected chi connectivity index (χ0v) is 29.6. The number of carbonyl (C=O) groups is 2. The van der Waals surface area contributed by atoms with Crippen LogP contribution >= 0.6 is 0 Å². The van der Waals surface area contributed by atoms with E-state index in [0.717, 1.165) is 34.4 Å². The van der Waals surface area contributed by atoms with E-state index >= 15 is 0 Å². The number of anilines is 2. The summed E-state index contributed by atoms with van der Waals surface area (Å²) in [5, 5.41) is 9.36. The summed E-state index contributed by atoms with van der Waals surface area (Å²) in [6.45, 7) is 9.73. The van der Waals surface area contributed by atoms with Gasteiger partial charge in [0.1, 0.15) is 11.9 Å². The number of H-pyrrole nitrogens is 1. The van der Waals surface area contributed by atoms with Crippen LogP contribution in [-0.4, -0.2) is 49.2 Å². The maximum Gasteiger partial charge on any atom is 0.247 e. The second-order valence-electron chi connectivity index (χ2n) is 13.1. The molecule has 11 nitrogen and oxygen atoms in total. The fraction of sp³-hybridized carbons (Fsp3) is 0.421. The molecule has 1 aromatic heterocycles. The quantitative estimate of drug-likeness (QED) is 0.136. The molecule has 3 unspecified atom stereocenters. The van der Waals surface area contributed by atoms with E-state index in [1.165, 1.54) is 6.92 Å². The van der Waals surface area contributed by atoms with E-state index in [2.05, 4.69) is 39.8 Å². The van der Waals surface area contributed by atoms with Crippen molar-refractivity contribution in [3.05, 3.63) is 69.6 Å². The van der Waals surface area contributed by atoms with Crippen molar-refractivity contribution in [3.63, 3.8) is 0 Å². The van der Waals surface area contributed by atoms with Gasteiger partial charge in [-0.2, -0.15) is 0 Å². The second kappa shape index (κ2) is 15.0. The Labute approximate surface area is 287 Å². The first-order valence-corrected chi connectivity index (χ1v) is 16.8. The number of ether oxygens (including phenoxy) is 3. The van der Waals surface area contributed by atoms with Gasteiger partial charge < -0.3 is 35.1 Å². The van der Waals surface area contributed by atoms with E-state index in [0.29, 0.717) is 59.2 Å². The van der Waals surface area contributed by atoms with Gasteiger partial charge in [-0.15, -0.1) is 0 Å². The minimum Gasteiger partial charge on any atom is -0.493 e. The van der Waals surface area contributed by atoms with Crippen molar-refractivity contribution < 1.29 is 23.8 Å². The zero-order valence-electron chi connectivity index (χ0n) is 29.6. The lowest BCUT2D eigenvalue weighted by Gasteiger charge is -2.24. The van der Waals surface area contributed by atoms with Crippen LogP contribution in [0, 0.1) is 11.8 Å². The number of hydrogen-bond acceptors (Lipinski definition) is 8. The number of amides is 2. The first-order valence-electron chi connectivity index (χ1n) is 16.8. The summed E-state index contributed by atoms with van der Waals surface area (Å²) in [6.07, 6.45) is 2.66. The van der Waals surface area contributed by atoms with Crippen LogP contribution in [0.15, 0.2) is 47.3 Å². The molecule has 0 spiro atoms. The Hall–Kier alpha value is -5.06. The molecule has 4 N–H and O–H groups in total. The lowest BCUT2D eigenvalue weighted by molar-refractivity contribution is -0.120. The van der Waals surface area contributed by atoms with Gasteiger partial charge in [0.15, 0.2) is 11.5 Å². The van der Waals surface area contributed by atoms with Crippen LogP contribution in [0.25, 0.3) is 22.2 Å². The van der Waals surface area contributed by atoms with Gasteiger partial charge in [0.2, 0.25) is 23.0 Å². The van der Waals surface area contributed by atoms with Crippen molar-refractivity contribution in [2.24, 2.45) is 11.8 Å². The summed E-state index contributed by atoms with van der Waals surface area (Å²) in [5.41, 5.74) is 5.31. The van der Waals surface area contributed by atoms with E-state index in [1.54, 1.807) is 33.5 Å². The first-order chi connectivity index (χ1) is 23.5. The van der Waals surface area contributed by atoms with E-state index in [9.17, 15) is 14.4 Å². The summed E-state index contributed by atoms with van der Waals surface area (Å²) >= 11 is 0. The van der Waals surface area contributed by atoms with Gasteiger partial charge in [-0.1, -0.05) is 40.2 Å². The Morgan fingerprint density at radius 3 is 2.41 bits per heavy atom. The Balaban J connectivity index is 1.55. The molecule has 1 aliphatic carbocycles. The number of aromatic nitrogens is 2. The average molecular weight is 670 g/mol. The van der Waals surface area contributed by atoms with Crippen molar-refractivity contribution in [3.8, 4) is 28.4 Å². The number of aromatic amines is 1. The molecule has 4 aromatic rings. The Kier molecular flexibility index (Phi) is 10.8. The van der Waals surface area contributed by atoms with Crippen molar-refractivity contribution in [1.82, 2.24) is 15.3 Å². The third-order valence-corrected chi connectivity index (χ3v) is 9.12. The Morgan fingerprint density at radius 2 is 1.76 bits per heavy atom. The molecule has 0 fully saturated rings. The smallest absolute Gasteiger partial charge is 0.247 e. The number of nitrogens with zero attached hydrogens (tertiary/aromatic N) is 1. The lowest BCUT2D eigenvalue weighted by Crippen LogP contribution is -2.40. The van der Waals surface area contributed by atoms with Gasteiger partial charge in [0.05, 0.1) is 44.1 Å². The summed E-state index contributed by atoms with van der Waals surface area (Å²) in [5.74, 6) is 2.21. The highest BCUT2D eigenvalue weighted by molar-refractivity contribution is 5.98. The van der Waals surface area contributed by atoms with E-state index in [4.69, 9.17) is 14.2 Å². The minimum absolute atomic E-state index is 0.110. The minimum atomic E-state index is -0.716. The fourth-order valence-corrected chi connectivity index (χ4v) is 6.54. The fourth-order valence-electron chi connectivity index (χ4n) is 6.54. The molecule has 2 amide bonds. The Bertz CT molecular complexity index is 1920. The van der Waals surface area contributed by atoms with Gasteiger partial charge in [-0.05, 0) is 77.8 Å². The summed E-state index contributed by atoms with van der Waals surface area (Å²) in [4.78, 5) is 48.2. The molecule has 3 atom stereocenters. The summed E-state index contributed by atoms with van der Waals surface area (Å²) < 4.78 is 17.2. The van der Waals surface area contributed by atoms with Gasteiger partial charge in [0, 0.05) is 24.6 Å². The zero-order chi connectivity index (χ0) is 35.4. The normalized spacial score (nSPS) is 15.0. The molecular weight excluding hydrogens is 622 g/mol. The molecule has 0 bridgehead atoms. The number of hydrogen-bond donors (Lipinski definition) is 4. The van der Waals surface area contributed by atoms with Crippen molar-refractivity contribution >= 4 is 34.2 Å². The third-order valence-electron chi connectivity index (χ3n) is 9.12. The van der Waals surface area contributed by atoms with Crippen LogP contribution < -0.4 is 35.6 Å². The number of benzene rings is 2. The monoisotopic (exact) mass is 669 g/mol.